The predicted octanol–water partition coefficient (Wildman–Crippen LogP) is 4.49. The van der Waals surface area contributed by atoms with Gasteiger partial charge in [-0.25, -0.2) is 0 Å². The van der Waals surface area contributed by atoms with Gasteiger partial charge >= 0.3 is 0 Å². The van der Waals surface area contributed by atoms with Crippen LogP contribution in [0.3, 0.4) is 0 Å². The van der Waals surface area contributed by atoms with Gasteiger partial charge in [-0.1, -0.05) is 30.3 Å². The maximum Gasteiger partial charge on any atom is 0.0459 e. The third kappa shape index (κ3) is 3.12. The van der Waals surface area contributed by atoms with E-state index in [4.69, 9.17) is 4.98 Å². The topological polar surface area (TPSA) is 24.9 Å². The van der Waals surface area contributed by atoms with Crippen LogP contribution in [0.5, 0.6) is 0 Å². The van der Waals surface area contributed by atoms with Crippen LogP contribution in [0.4, 0.5) is 5.69 Å². The third-order valence-corrected chi connectivity index (χ3v) is 5.31. The monoisotopic (exact) mass is 306 g/mol. The van der Waals surface area contributed by atoms with Gasteiger partial charge < -0.3 is 5.32 Å². The molecule has 0 radical (unpaired) electrons. The summed E-state index contributed by atoms with van der Waals surface area (Å²) in [6.07, 6.45) is 11.1. The van der Waals surface area contributed by atoms with E-state index in [9.17, 15) is 0 Å². The second-order valence-electron chi connectivity index (χ2n) is 6.91. The average molecular weight is 306 g/mol. The number of fused-ring (bicyclic) bond motifs is 2. The largest absolute Gasteiger partial charge is 0.384 e. The SMILES string of the molecule is c1ccc(CCNc2c3c(nc4c2CCCC4)CCCC3)cc1. The molecule has 4 rings (SSSR count). The molecule has 0 bridgehead atoms. The van der Waals surface area contributed by atoms with Crippen molar-refractivity contribution in [2.45, 2.75) is 57.8 Å². The fourth-order valence-electron chi connectivity index (χ4n) is 4.10. The molecule has 0 aliphatic heterocycles. The van der Waals surface area contributed by atoms with Gasteiger partial charge in [-0.15, -0.1) is 0 Å². The summed E-state index contributed by atoms with van der Waals surface area (Å²) < 4.78 is 0. The first-order chi connectivity index (χ1) is 11.4. The molecular weight excluding hydrogens is 280 g/mol. The van der Waals surface area contributed by atoms with Gasteiger partial charge in [0.15, 0.2) is 0 Å². The molecule has 0 atom stereocenters. The van der Waals surface area contributed by atoms with Gasteiger partial charge in [0.05, 0.1) is 0 Å². The molecule has 2 nitrogen and oxygen atoms in total. The number of anilines is 1. The van der Waals surface area contributed by atoms with E-state index in [-0.39, 0.29) is 0 Å². The van der Waals surface area contributed by atoms with E-state index < -0.39 is 0 Å². The van der Waals surface area contributed by atoms with E-state index in [0.29, 0.717) is 0 Å². The summed E-state index contributed by atoms with van der Waals surface area (Å²) in [5.41, 5.74) is 8.71. The quantitative estimate of drug-likeness (QED) is 0.900. The number of hydrogen-bond acceptors (Lipinski definition) is 2. The molecule has 2 aromatic rings. The second-order valence-corrected chi connectivity index (χ2v) is 6.91. The molecule has 1 N–H and O–H groups in total. The van der Waals surface area contributed by atoms with E-state index >= 15 is 0 Å². The van der Waals surface area contributed by atoms with Crippen molar-refractivity contribution in [3.05, 3.63) is 58.4 Å². The highest BCUT2D eigenvalue weighted by molar-refractivity contribution is 5.62. The highest BCUT2D eigenvalue weighted by Crippen LogP contribution is 2.35. The Morgan fingerprint density at radius 3 is 2.04 bits per heavy atom. The molecule has 120 valence electrons. The van der Waals surface area contributed by atoms with Gasteiger partial charge in [0.1, 0.15) is 0 Å². The summed E-state index contributed by atoms with van der Waals surface area (Å²) in [5, 5.41) is 3.81. The lowest BCUT2D eigenvalue weighted by Crippen LogP contribution is -2.19. The first kappa shape index (κ1) is 14.7. The van der Waals surface area contributed by atoms with Crippen molar-refractivity contribution >= 4 is 5.69 Å². The lowest BCUT2D eigenvalue weighted by molar-refractivity contribution is 0.629. The fourth-order valence-corrected chi connectivity index (χ4v) is 4.10. The van der Waals surface area contributed by atoms with Crippen molar-refractivity contribution in [1.82, 2.24) is 4.98 Å². The van der Waals surface area contributed by atoms with Gasteiger partial charge in [0.2, 0.25) is 0 Å². The number of aromatic nitrogens is 1. The summed E-state index contributed by atoms with van der Waals surface area (Å²) in [7, 11) is 0. The smallest absolute Gasteiger partial charge is 0.0459 e. The Hall–Kier alpha value is -1.83. The van der Waals surface area contributed by atoms with Gasteiger partial charge in [0.25, 0.3) is 0 Å². The Kier molecular flexibility index (Phi) is 4.32. The van der Waals surface area contributed by atoms with Crippen LogP contribution in [-0.2, 0) is 32.1 Å². The molecule has 0 fully saturated rings. The Morgan fingerprint density at radius 1 is 0.783 bits per heavy atom. The minimum atomic E-state index is 1.02. The van der Waals surface area contributed by atoms with Crippen molar-refractivity contribution in [2.24, 2.45) is 0 Å². The minimum Gasteiger partial charge on any atom is -0.384 e. The maximum absolute atomic E-state index is 5.04. The molecule has 2 aliphatic rings. The van der Waals surface area contributed by atoms with E-state index in [0.717, 1.165) is 13.0 Å². The van der Waals surface area contributed by atoms with Crippen LogP contribution in [0.15, 0.2) is 30.3 Å². The number of rotatable bonds is 4. The van der Waals surface area contributed by atoms with Crippen LogP contribution in [0, 0.1) is 0 Å². The number of aryl methyl sites for hydroxylation is 2. The highest BCUT2D eigenvalue weighted by Gasteiger charge is 2.23. The van der Waals surface area contributed by atoms with Gasteiger partial charge in [-0.05, 0) is 74.5 Å². The standard InChI is InChI=1S/C21H26N2/c1-2-8-16(9-3-1)14-15-22-21-17-10-4-6-12-19(17)23-20-13-7-5-11-18(20)21/h1-3,8-9H,4-7,10-15H2,(H,22,23). The third-order valence-electron chi connectivity index (χ3n) is 5.31. The molecule has 1 heterocycles. The van der Waals surface area contributed by atoms with Crippen molar-refractivity contribution < 1.29 is 0 Å². The Labute approximate surface area is 139 Å². The van der Waals surface area contributed by atoms with E-state index in [1.165, 1.54) is 85.1 Å². The zero-order chi connectivity index (χ0) is 15.5. The molecule has 2 heteroatoms. The lowest BCUT2D eigenvalue weighted by atomic mass is 9.87. The Bertz CT molecular complexity index is 642. The summed E-state index contributed by atoms with van der Waals surface area (Å²) >= 11 is 0. The first-order valence-electron chi connectivity index (χ1n) is 9.23. The lowest BCUT2D eigenvalue weighted by Gasteiger charge is -2.27. The first-order valence-corrected chi connectivity index (χ1v) is 9.23. The zero-order valence-corrected chi connectivity index (χ0v) is 13.9. The summed E-state index contributed by atoms with van der Waals surface area (Å²) in [6.45, 7) is 1.02. The minimum absolute atomic E-state index is 1.02. The highest BCUT2D eigenvalue weighted by atomic mass is 14.9. The van der Waals surface area contributed by atoms with Crippen molar-refractivity contribution in [3.63, 3.8) is 0 Å². The predicted molar refractivity (Wildman–Crippen MR) is 96.2 cm³/mol. The second kappa shape index (κ2) is 6.74. The van der Waals surface area contributed by atoms with Gasteiger partial charge in [-0.3, -0.25) is 4.98 Å². The number of nitrogens with one attached hydrogen (secondary N) is 1. The molecule has 2 aliphatic carbocycles. The number of nitrogens with zero attached hydrogens (tertiary/aromatic N) is 1. The zero-order valence-electron chi connectivity index (χ0n) is 13.9. The summed E-state index contributed by atoms with van der Waals surface area (Å²) in [4.78, 5) is 5.04. The molecular formula is C21H26N2. The van der Waals surface area contributed by atoms with Crippen molar-refractivity contribution in [1.29, 1.82) is 0 Å². The van der Waals surface area contributed by atoms with Crippen LogP contribution in [0.1, 0.15) is 53.8 Å². The Balaban J connectivity index is 1.58. The Morgan fingerprint density at radius 2 is 1.39 bits per heavy atom. The van der Waals surface area contributed by atoms with Crippen LogP contribution in [0.25, 0.3) is 0 Å². The van der Waals surface area contributed by atoms with E-state index in [2.05, 4.69) is 35.6 Å². The molecule has 0 saturated carbocycles. The molecule has 1 aromatic carbocycles. The molecule has 23 heavy (non-hydrogen) atoms. The molecule has 1 aromatic heterocycles. The van der Waals surface area contributed by atoms with Crippen LogP contribution >= 0.6 is 0 Å². The maximum atomic E-state index is 5.04. The number of pyridine rings is 1. The van der Waals surface area contributed by atoms with Crippen LogP contribution in [0.2, 0.25) is 0 Å². The van der Waals surface area contributed by atoms with Gasteiger partial charge in [-0.2, -0.15) is 0 Å². The number of hydrogen-bond donors (Lipinski definition) is 1. The molecule has 0 unspecified atom stereocenters. The molecule has 0 spiro atoms. The van der Waals surface area contributed by atoms with Crippen molar-refractivity contribution in [3.8, 4) is 0 Å². The summed E-state index contributed by atoms with van der Waals surface area (Å²) in [6, 6.07) is 10.8. The summed E-state index contributed by atoms with van der Waals surface area (Å²) in [5.74, 6) is 0. The van der Waals surface area contributed by atoms with Crippen LogP contribution < -0.4 is 5.32 Å². The number of benzene rings is 1. The molecule has 0 amide bonds. The van der Waals surface area contributed by atoms with E-state index in [1.54, 1.807) is 0 Å². The normalized spacial score (nSPS) is 16.5. The van der Waals surface area contributed by atoms with Gasteiger partial charge in [0, 0.05) is 23.6 Å². The fraction of sp³-hybridized carbons (Fsp3) is 0.476. The average Bonchev–Trinajstić information content (AvgIpc) is 2.62. The van der Waals surface area contributed by atoms with E-state index in [1.807, 2.05) is 0 Å². The van der Waals surface area contributed by atoms with Crippen LogP contribution in [-0.4, -0.2) is 11.5 Å². The van der Waals surface area contributed by atoms with Crippen molar-refractivity contribution in [2.75, 3.05) is 11.9 Å². The molecule has 0 saturated heterocycles.